The van der Waals surface area contributed by atoms with Gasteiger partial charge in [0, 0.05) is 17.2 Å². The Labute approximate surface area is 180 Å². The van der Waals surface area contributed by atoms with Crippen LogP contribution >= 0.6 is 22.6 Å². The zero-order valence-electron chi connectivity index (χ0n) is 16.1. The number of phenols is 1. The highest BCUT2D eigenvalue weighted by Crippen LogP contribution is 2.34. The number of hydrogen-bond acceptors (Lipinski definition) is 5. The van der Waals surface area contributed by atoms with E-state index in [0.29, 0.717) is 9.13 Å². The molecule has 7 nitrogen and oxygen atoms in total. The van der Waals surface area contributed by atoms with Crippen molar-refractivity contribution in [3.05, 3.63) is 50.8 Å². The Bertz CT molecular complexity index is 974. The van der Waals surface area contributed by atoms with E-state index < -0.39 is 23.6 Å². The van der Waals surface area contributed by atoms with Crippen LogP contribution in [0.25, 0.3) is 0 Å². The van der Waals surface area contributed by atoms with Crippen LogP contribution in [0.15, 0.2) is 30.3 Å². The third kappa shape index (κ3) is 5.08. The van der Waals surface area contributed by atoms with Gasteiger partial charge in [-0.2, -0.15) is 0 Å². The number of benzene rings is 2. The lowest BCUT2D eigenvalue weighted by atomic mass is 10.1. The fourth-order valence-corrected chi connectivity index (χ4v) is 3.30. The van der Waals surface area contributed by atoms with Gasteiger partial charge >= 0.3 is 12.2 Å². The molecule has 3 rings (SSSR count). The molecule has 154 valence electrons. The minimum atomic E-state index is -0.769. The molecule has 0 fully saturated rings. The number of rotatable bonds is 3. The monoisotopic (exact) mass is 514 g/mol. The average Bonchev–Trinajstić information content (AvgIpc) is 2.59. The van der Waals surface area contributed by atoms with Crippen molar-refractivity contribution in [3.63, 3.8) is 0 Å². The molecule has 0 unspecified atom stereocenters. The van der Waals surface area contributed by atoms with Crippen molar-refractivity contribution >= 4 is 40.5 Å². The quantitative estimate of drug-likeness (QED) is 0.564. The zero-order valence-corrected chi connectivity index (χ0v) is 18.2. The fourth-order valence-electron chi connectivity index (χ4n) is 2.77. The summed E-state index contributed by atoms with van der Waals surface area (Å²) in [4.78, 5) is 25.6. The molecule has 9 heteroatoms. The number of anilines is 1. The summed E-state index contributed by atoms with van der Waals surface area (Å²) in [5.74, 6) is -0.347. The van der Waals surface area contributed by atoms with Gasteiger partial charge in [-0.3, -0.25) is 10.2 Å². The van der Waals surface area contributed by atoms with Crippen LogP contribution in [0.4, 0.5) is 19.7 Å². The van der Waals surface area contributed by atoms with E-state index in [-0.39, 0.29) is 35.8 Å². The molecule has 0 aliphatic carbocycles. The summed E-state index contributed by atoms with van der Waals surface area (Å²) < 4.78 is 25.9. The lowest BCUT2D eigenvalue weighted by Gasteiger charge is -2.28. The number of carbonyl (C=O) groups excluding carboxylic acids is 2. The number of nitrogens with one attached hydrogen (secondary N) is 1. The van der Waals surface area contributed by atoms with E-state index in [0.717, 1.165) is 0 Å². The molecule has 1 aliphatic rings. The van der Waals surface area contributed by atoms with Crippen LogP contribution in [-0.4, -0.2) is 27.8 Å². The van der Waals surface area contributed by atoms with Crippen LogP contribution in [0.5, 0.6) is 11.5 Å². The van der Waals surface area contributed by atoms with Gasteiger partial charge in [0.1, 0.15) is 17.1 Å². The summed E-state index contributed by atoms with van der Waals surface area (Å²) in [6.45, 7) is 5.28. The van der Waals surface area contributed by atoms with Crippen molar-refractivity contribution in [2.75, 3.05) is 5.32 Å². The van der Waals surface area contributed by atoms with Gasteiger partial charge in [-0.25, -0.2) is 14.0 Å². The summed E-state index contributed by atoms with van der Waals surface area (Å²) >= 11 is 1.98. The molecule has 2 amide bonds. The van der Waals surface area contributed by atoms with Gasteiger partial charge in [-0.1, -0.05) is 12.1 Å². The number of halogens is 2. The minimum Gasteiger partial charge on any atom is -0.507 e. The first-order valence-corrected chi connectivity index (χ1v) is 9.87. The molecule has 0 atom stereocenters. The van der Waals surface area contributed by atoms with Crippen LogP contribution < -0.4 is 10.1 Å². The van der Waals surface area contributed by atoms with Crippen molar-refractivity contribution in [2.24, 2.45) is 0 Å². The average molecular weight is 514 g/mol. The highest BCUT2D eigenvalue weighted by Gasteiger charge is 2.27. The molecule has 0 saturated carbocycles. The molecule has 0 radical (unpaired) electrons. The van der Waals surface area contributed by atoms with Crippen LogP contribution in [0.3, 0.4) is 0 Å². The maximum absolute atomic E-state index is 14.9. The number of carbonyl (C=O) groups is 2. The van der Waals surface area contributed by atoms with Crippen molar-refractivity contribution in [3.8, 4) is 11.5 Å². The number of fused-ring (bicyclic) bond motifs is 1. The first kappa shape index (κ1) is 21.2. The Hall–Kier alpha value is -2.56. The molecule has 2 aromatic carbocycles. The van der Waals surface area contributed by atoms with Gasteiger partial charge in [0.2, 0.25) is 0 Å². The van der Waals surface area contributed by atoms with E-state index in [9.17, 15) is 19.1 Å². The van der Waals surface area contributed by atoms with Gasteiger partial charge in [0.15, 0.2) is 5.82 Å². The number of phenolic OH excluding ortho intramolecular Hbond substituents is 1. The smallest absolute Gasteiger partial charge is 0.415 e. The molecule has 2 N–H and O–H groups in total. The standard InChI is InChI=1S/C20H20FIN2O5/c1-20(2,3)29-18(26)23-14-6-4-5-11(17(14)21)9-24-10-12-7-13(22)15(25)8-16(12)28-19(24)27/h4-8,25H,9-10H2,1-3H3,(H,23,26). The first-order valence-electron chi connectivity index (χ1n) is 8.79. The van der Waals surface area contributed by atoms with Crippen LogP contribution in [0.2, 0.25) is 0 Å². The zero-order chi connectivity index (χ0) is 21.3. The third-order valence-electron chi connectivity index (χ3n) is 4.02. The number of ether oxygens (including phenoxy) is 2. The van der Waals surface area contributed by atoms with Gasteiger partial charge < -0.3 is 14.6 Å². The number of nitrogens with zero attached hydrogens (tertiary/aromatic N) is 1. The Balaban J connectivity index is 1.77. The van der Waals surface area contributed by atoms with Crippen molar-refractivity contribution in [1.29, 1.82) is 0 Å². The third-order valence-corrected chi connectivity index (χ3v) is 4.89. The SMILES string of the molecule is CC(C)(C)OC(=O)Nc1cccc(CN2Cc3cc(I)c(O)cc3OC2=O)c1F. The largest absolute Gasteiger partial charge is 0.507 e. The molecule has 0 saturated heterocycles. The molecule has 29 heavy (non-hydrogen) atoms. The number of aromatic hydroxyl groups is 1. The summed E-state index contributed by atoms with van der Waals surface area (Å²) in [6, 6.07) is 7.62. The van der Waals surface area contributed by atoms with Crippen molar-refractivity contribution in [2.45, 2.75) is 39.5 Å². The number of amides is 2. The normalized spacial score (nSPS) is 13.6. The second kappa shape index (κ2) is 8.05. The number of hydrogen-bond donors (Lipinski definition) is 2. The molecule has 0 bridgehead atoms. The van der Waals surface area contributed by atoms with Gasteiger partial charge in [-0.15, -0.1) is 0 Å². The van der Waals surface area contributed by atoms with Crippen LogP contribution in [-0.2, 0) is 17.8 Å². The molecule has 1 heterocycles. The highest BCUT2D eigenvalue weighted by atomic mass is 127. The van der Waals surface area contributed by atoms with E-state index >= 15 is 0 Å². The predicted octanol–water partition coefficient (Wildman–Crippen LogP) is 5.00. The fraction of sp³-hybridized carbons (Fsp3) is 0.300. The van der Waals surface area contributed by atoms with Crippen molar-refractivity contribution in [1.82, 2.24) is 4.90 Å². The second-order valence-electron chi connectivity index (χ2n) is 7.54. The summed E-state index contributed by atoms with van der Waals surface area (Å²) in [5.41, 5.74) is 0.166. The van der Waals surface area contributed by atoms with E-state index in [1.165, 1.54) is 23.1 Å². The Morgan fingerprint density at radius 2 is 2.10 bits per heavy atom. The maximum atomic E-state index is 14.9. The van der Waals surface area contributed by atoms with Gasteiger partial charge in [0.05, 0.1) is 22.3 Å². The van der Waals surface area contributed by atoms with E-state index in [4.69, 9.17) is 9.47 Å². The summed E-state index contributed by atoms with van der Waals surface area (Å²) in [5, 5.41) is 12.2. The molecule has 1 aliphatic heterocycles. The molecule has 2 aromatic rings. The van der Waals surface area contributed by atoms with Crippen molar-refractivity contribution < 1.29 is 28.6 Å². The van der Waals surface area contributed by atoms with E-state index in [1.54, 1.807) is 32.9 Å². The Morgan fingerprint density at radius 3 is 2.79 bits per heavy atom. The lowest BCUT2D eigenvalue weighted by Crippen LogP contribution is -2.36. The molecular formula is C20H20FIN2O5. The Kier molecular flexibility index (Phi) is 5.87. The van der Waals surface area contributed by atoms with Crippen LogP contribution in [0.1, 0.15) is 31.9 Å². The second-order valence-corrected chi connectivity index (χ2v) is 8.70. The summed E-state index contributed by atoms with van der Waals surface area (Å²) in [7, 11) is 0. The molecule has 0 aromatic heterocycles. The van der Waals surface area contributed by atoms with Gasteiger partial charge in [-0.05, 0) is 55.5 Å². The lowest BCUT2D eigenvalue weighted by molar-refractivity contribution is 0.0635. The van der Waals surface area contributed by atoms with Gasteiger partial charge in [0.25, 0.3) is 0 Å². The minimum absolute atomic E-state index is 0.0255. The Morgan fingerprint density at radius 1 is 1.38 bits per heavy atom. The highest BCUT2D eigenvalue weighted by molar-refractivity contribution is 14.1. The topological polar surface area (TPSA) is 88.1 Å². The molecule has 0 spiro atoms. The molecular weight excluding hydrogens is 494 g/mol. The van der Waals surface area contributed by atoms with Crippen LogP contribution in [0, 0.1) is 9.39 Å². The van der Waals surface area contributed by atoms with E-state index in [1.807, 2.05) is 22.6 Å². The first-order chi connectivity index (χ1) is 13.5. The summed E-state index contributed by atoms with van der Waals surface area (Å²) in [6.07, 6.45) is -1.42. The van der Waals surface area contributed by atoms with E-state index in [2.05, 4.69) is 5.32 Å². The maximum Gasteiger partial charge on any atom is 0.415 e. The predicted molar refractivity (Wildman–Crippen MR) is 112 cm³/mol.